The molecular weight excluding hydrogens is 400 g/mol. The molecule has 0 radical (unpaired) electrons. The number of carbonyl (C=O) groups is 1. The summed E-state index contributed by atoms with van der Waals surface area (Å²) in [5, 5.41) is 0. The maximum absolute atomic E-state index is 13.6. The Balaban J connectivity index is 1.60. The van der Waals surface area contributed by atoms with Crippen molar-refractivity contribution < 1.29 is 17.9 Å². The zero-order valence-electron chi connectivity index (χ0n) is 18.1. The summed E-state index contributed by atoms with van der Waals surface area (Å²) in [6, 6.07) is 7.24. The number of ether oxygens (including phenoxy) is 1. The third-order valence-corrected chi connectivity index (χ3v) is 8.60. The van der Waals surface area contributed by atoms with Gasteiger partial charge < -0.3 is 9.64 Å². The largest absolute Gasteiger partial charge is 0.373 e. The lowest BCUT2D eigenvalue weighted by atomic mass is 10.1. The van der Waals surface area contributed by atoms with Crippen molar-refractivity contribution in [1.29, 1.82) is 0 Å². The van der Waals surface area contributed by atoms with Gasteiger partial charge >= 0.3 is 0 Å². The highest BCUT2D eigenvalue weighted by atomic mass is 32.2. The second-order valence-corrected chi connectivity index (χ2v) is 11.1. The number of benzene rings is 1. The smallest absolute Gasteiger partial charge is 0.254 e. The fourth-order valence-corrected chi connectivity index (χ4v) is 7.05. The highest BCUT2D eigenvalue weighted by molar-refractivity contribution is 7.89. The second kappa shape index (κ2) is 8.97. The molecule has 1 aromatic rings. The van der Waals surface area contributed by atoms with E-state index in [2.05, 4.69) is 4.90 Å². The van der Waals surface area contributed by atoms with Crippen molar-refractivity contribution in [3.63, 3.8) is 0 Å². The number of sulfonamides is 1. The van der Waals surface area contributed by atoms with Crippen LogP contribution in [0.1, 0.15) is 75.6 Å². The summed E-state index contributed by atoms with van der Waals surface area (Å²) in [7, 11) is -3.67. The van der Waals surface area contributed by atoms with Gasteiger partial charge in [0.25, 0.3) is 5.91 Å². The van der Waals surface area contributed by atoms with E-state index in [1.807, 2.05) is 13.8 Å². The van der Waals surface area contributed by atoms with E-state index in [1.165, 1.54) is 30.0 Å². The fourth-order valence-electron chi connectivity index (χ4n) is 5.41. The molecule has 2 atom stereocenters. The Hall–Kier alpha value is -1.44. The molecule has 4 rings (SSSR count). The van der Waals surface area contributed by atoms with E-state index in [0.717, 1.165) is 25.7 Å². The summed E-state index contributed by atoms with van der Waals surface area (Å²) in [5.74, 6) is -0.00503. The molecule has 0 N–H and O–H groups in total. The van der Waals surface area contributed by atoms with E-state index >= 15 is 0 Å². The first-order chi connectivity index (χ1) is 14.4. The van der Waals surface area contributed by atoms with Crippen molar-refractivity contribution in [3.8, 4) is 0 Å². The summed E-state index contributed by atoms with van der Waals surface area (Å²) in [6.07, 6.45) is 8.63. The Morgan fingerprint density at radius 3 is 2.03 bits per heavy atom. The lowest BCUT2D eigenvalue weighted by Crippen LogP contribution is -2.48. The van der Waals surface area contributed by atoms with E-state index in [9.17, 15) is 13.2 Å². The number of carbonyl (C=O) groups excluding carboxylic acids is 1. The molecule has 6 nitrogen and oxygen atoms in total. The molecular formula is C23H34N2O4S. The fraction of sp³-hybridized carbons (Fsp3) is 0.696. The number of hydrogen-bond donors (Lipinski definition) is 0. The van der Waals surface area contributed by atoms with Crippen LogP contribution in [0.15, 0.2) is 29.2 Å². The molecule has 0 aromatic heterocycles. The van der Waals surface area contributed by atoms with E-state index < -0.39 is 10.0 Å². The van der Waals surface area contributed by atoms with Gasteiger partial charge in [-0.15, -0.1) is 0 Å². The molecule has 7 heteroatoms. The van der Waals surface area contributed by atoms with E-state index in [-0.39, 0.29) is 23.0 Å². The number of morpholine rings is 1. The van der Waals surface area contributed by atoms with Crippen LogP contribution in [0.5, 0.6) is 0 Å². The van der Waals surface area contributed by atoms with Gasteiger partial charge in [0.15, 0.2) is 0 Å². The lowest BCUT2D eigenvalue weighted by molar-refractivity contribution is -0.0440. The van der Waals surface area contributed by atoms with Gasteiger partial charge in [0.2, 0.25) is 10.0 Å². The van der Waals surface area contributed by atoms with Crippen LogP contribution in [0, 0.1) is 0 Å². The van der Waals surface area contributed by atoms with Crippen LogP contribution in [0.2, 0.25) is 0 Å². The molecule has 0 spiro atoms. The van der Waals surface area contributed by atoms with Gasteiger partial charge in [-0.2, -0.15) is 4.31 Å². The Morgan fingerprint density at radius 2 is 1.50 bits per heavy atom. The van der Waals surface area contributed by atoms with Gasteiger partial charge in [-0.1, -0.05) is 31.7 Å². The summed E-state index contributed by atoms with van der Waals surface area (Å²) in [5.41, 5.74) is 0.490. The van der Waals surface area contributed by atoms with Gasteiger partial charge in [-0.05, 0) is 57.7 Å². The predicted molar refractivity (Wildman–Crippen MR) is 116 cm³/mol. The average Bonchev–Trinajstić information content (AvgIpc) is 3.42. The SMILES string of the molecule is CC1CN(S(=O)(=O)c2cccc(C(=O)N(C3CCCC3)C3CCCC3)c2)CC(C)O1. The number of nitrogens with zero attached hydrogens (tertiary/aromatic N) is 2. The molecule has 3 fully saturated rings. The molecule has 2 aliphatic carbocycles. The molecule has 0 bridgehead atoms. The van der Waals surface area contributed by atoms with Crippen molar-refractivity contribution in [2.75, 3.05) is 13.1 Å². The maximum atomic E-state index is 13.6. The van der Waals surface area contributed by atoms with Gasteiger partial charge in [0, 0.05) is 30.7 Å². The van der Waals surface area contributed by atoms with Gasteiger partial charge in [-0.25, -0.2) is 8.42 Å². The number of amides is 1. The van der Waals surface area contributed by atoms with Crippen LogP contribution >= 0.6 is 0 Å². The molecule has 3 aliphatic rings. The number of hydrogen-bond acceptors (Lipinski definition) is 4. The minimum absolute atomic E-state index is 0.00503. The highest BCUT2D eigenvalue weighted by Crippen LogP contribution is 2.33. The van der Waals surface area contributed by atoms with Crippen molar-refractivity contribution in [1.82, 2.24) is 9.21 Å². The summed E-state index contributed by atoms with van der Waals surface area (Å²) >= 11 is 0. The Kier molecular flexibility index (Phi) is 6.51. The van der Waals surface area contributed by atoms with Gasteiger partial charge in [0.05, 0.1) is 17.1 Å². The van der Waals surface area contributed by atoms with E-state index in [0.29, 0.717) is 30.7 Å². The number of rotatable bonds is 5. The minimum Gasteiger partial charge on any atom is -0.373 e. The zero-order valence-corrected chi connectivity index (χ0v) is 18.9. The third-order valence-electron chi connectivity index (χ3n) is 6.78. The molecule has 1 aromatic carbocycles. The first-order valence-corrected chi connectivity index (χ1v) is 12.9. The highest BCUT2D eigenvalue weighted by Gasteiger charge is 2.36. The molecule has 2 unspecified atom stereocenters. The maximum Gasteiger partial charge on any atom is 0.254 e. The molecule has 1 saturated heterocycles. The standard InChI is InChI=1S/C23H34N2O4S/c1-17-15-24(16-18(2)29-17)30(27,28)22-13-7-8-19(14-22)23(26)25(20-9-3-4-10-20)21-11-5-6-12-21/h7-8,13-14,17-18,20-21H,3-6,9-12,15-16H2,1-2H3. The summed E-state index contributed by atoms with van der Waals surface area (Å²) < 4.78 is 33.7. The Morgan fingerprint density at radius 1 is 0.967 bits per heavy atom. The molecule has 1 aliphatic heterocycles. The van der Waals surface area contributed by atoms with E-state index in [4.69, 9.17) is 4.74 Å². The first-order valence-electron chi connectivity index (χ1n) is 11.4. The molecule has 1 amide bonds. The molecule has 30 heavy (non-hydrogen) atoms. The van der Waals surface area contributed by atoms with Gasteiger partial charge in [0.1, 0.15) is 0 Å². The van der Waals surface area contributed by atoms with Crippen molar-refractivity contribution >= 4 is 15.9 Å². The Labute approximate surface area is 180 Å². The van der Waals surface area contributed by atoms with Gasteiger partial charge in [-0.3, -0.25) is 4.79 Å². The van der Waals surface area contributed by atoms with Crippen LogP contribution < -0.4 is 0 Å². The second-order valence-electron chi connectivity index (χ2n) is 9.20. The quantitative estimate of drug-likeness (QED) is 0.707. The van der Waals surface area contributed by atoms with Crippen molar-refractivity contribution in [3.05, 3.63) is 29.8 Å². The molecule has 2 saturated carbocycles. The molecule has 166 valence electrons. The summed E-state index contributed by atoms with van der Waals surface area (Å²) in [4.78, 5) is 15.9. The normalized spacial score (nSPS) is 26.9. The zero-order chi connectivity index (χ0) is 21.3. The molecule has 1 heterocycles. The Bertz CT molecular complexity index is 834. The van der Waals surface area contributed by atoms with Crippen molar-refractivity contribution in [2.24, 2.45) is 0 Å². The van der Waals surface area contributed by atoms with E-state index in [1.54, 1.807) is 24.3 Å². The van der Waals surface area contributed by atoms with Crippen molar-refractivity contribution in [2.45, 2.75) is 94.4 Å². The minimum atomic E-state index is -3.67. The van der Waals surface area contributed by atoms with Crippen LogP contribution in [0.25, 0.3) is 0 Å². The average molecular weight is 435 g/mol. The predicted octanol–water partition coefficient (Wildman–Crippen LogP) is 3.81. The monoisotopic (exact) mass is 434 g/mol. The first kappa shape index (κ1) is 21.8. The van der Waals surface area contributed by atoms with Crippen LogP contribution in [-0.4, -0.2) is 60.9 Å². The van der Waals surface area contributed by atoms with Crippen LogP contribution in [0.3, 0.4) is 0 Å². The third kappa shape index (κ3) is 4.43. The lowest BCUT2D eigenvalue weighted by Gasteiger charge is -2.35. The van der Waals surface area contributed by atoms with Crippen LogP contribution in [0.4, 0.5) is 0 Å². The van der Waals surface area contributed by atoms with Crippen LogP contribution in [-0.2, 0) is 14.8 Å². The topological polar surface area (TPSA) is 66.9 Å². The summed E-state index contributed by atoms with van der Waals surface area (Å²) in [6.45, 7) is 4.45.